The van der Waals surface area contributed by atoms with Crippen LogP contribution in [0.4, 0.5) is 0 Å². The Bertz CT molecular complexity index is 552. The van der Waals surface area contributed by atoms with Gasteiger partial charge < -0.3 is 5.32 Å². The number of hydrogen-bond donors (Lipinski definition) is 1. The lowest BCUT2D eigenvalue weighted by Crippen LogP contribution is -2.43. The second-order valence-electron chi connectivity index (χ2n) is 4.72. The smallest absolute Gasteiger partial charge is 0.251 e. The average molecular weight is 381 g/mol. The Morgan fingerprint density at radius 1 is 1.39 bits per heavy atom. The van der Waals surface area contributed by atoms with Gasteiger partial charge in [-0.15, -0.1) is 0 Å². The Balaban J connectivity index is 2.74. The number of sulfone groups is 1. The molecule has 1 rings (SSSR count). The molecule has 0 bridgehead atoms. The molecule has 0 aromatic heterocycles. The molecular weight excluding hydrogens is 365 g/mol. The predicted molar refractivity (Wildman–Crippen MR) is 80.4 cm³/mol. The molecule has 0 radical (unpaired) electrons. The van der Waals surface area contributed by atoms with Gasteiger partial charge in [-0.3, -0.25) is 4.79 Å². The number of benzene rings is 1. The zero-order valence-electron chi connectivity index (χ0n) is 10.5. The fourth-order valence-corrected chi connectivity index (χ4v) is 2.03. The lowest BCUT2D eigenvalue weighted by Gasteiger charge is -2.22. The van der Waals surface area contributed by atoms with Gasteiger partial charge in [0.2, 0.25) is 0 Å². The van der Waals surface area contributed by atoms with Gasteiger partial charge in [-0.05, 0) is 54.6 Å². The van der Waals surface area contributed by atoms with Crippen molar-refractivity contribution in [3.05, 3.63) is 33.4 Å². The lowest BCUT2D eigenvalue weighted by molar-refractivity contribution is 0.0950. The number of carbonyl (C=O) groups excluding carboxylic acids is 1. The largest absolute Gasteiger partial charge is 0.350 e. The number of rotatable bonds is 4. The van der Waals surface area contributed by atoms with E-state index in [2.05, 4.69) is 27.9 Å². The SMILES string of the molecule is CC(C)(CNC(=O)c1cccc(I)c1)S(C)(=O)=O. The van der Waals surface area contributed by atoms with Gasteiger partial charge in [0.1, 0.15) is 0 Å². The van der Waals surface area contributed by atoms with Gasteiger partial charge in [-0.2, -0.15) is 0 Å². The molecule has 100 valence electrons. The van der Waals surface area contributed by atoms with Crippen LogP contribution in [0.3, 0.4) is 0 Å². The Morgan fingerprint density at radius 2 is 2.00 bits per heavy atom. The topological polar surface area (TPSA) is 63.2 Å². The highest BCUT2D eigenvalue weighted by atomic mass is 127. The summed E-state index contributed by atoms with van der Waals surface area (Å²) in [5.74, 6) is -0.259. The van der Waals surface area contributed by atoms with Crippen molar-refractivity contribution in [2.24, 2.45) is 0 Å². The summed E-state index contributed by atoms with van der Waals surface area (Å²) in [7, 11) is -3.20. The fourth-order valence-electron chi connectivity index (χ4n) is 1.16. The Morgan fingerprint density at radius 3 is 2.50 bits per heavy atom. The first-order valence-corrected chi connectivity index (χ1v) is 8.34. The van der Waals surface area contributed by atoms with Crippen LogP contribution in [0.1, 0.15) is 24.2 Å². The minimum Gasteiger partial charge on any atom is -0.350 e. The zero-order chi connectivity index (χ0) is 14.0. The zero-order valence-corrected chi connectivity index (χ0v) is 13.5. The maximum atomic E-state index is 11.9. The summed E-state index contributed by atoms with van der Waals surface area (Å²) < 4.78 is 23.0. The lowest BCUT2D eigenvalue weighted by atomic mass is 10.2. The summed E-state index contributed by atoms with van der Waals surface area (Å²) in [6.07, 6.45) is 1.17. The molecule has 0 heterocycles. The summed E-state index contributed by atoms with van der Waals surface area (Å²) >= 11 is 2.12. The average Bonchev–Trinajstić information content (AvgIpc) is 2.24. The summed E-state index contributed by atoms with van der Waals surface area (Å²) in [4.78, 5) is 11.9. The maximum absolute atomic E-state index is 11.9. The van der Waals surface area contributed by atoms with Crippen molar-refractivity contribution in [3.8, 4) is 0 Å². The molecule has 1 aromatic rings. The third-order valence-electron chi connectivity index (χ3n) is 2.77. The highest BCUT2D eigenvalue weighted by Crippen LogP contribution is 2.14. The molecule has 0 saturated carbocycles. The molecule has 0 fully saturated rings. The quantitative estimate of drug-likeness (QED) is 0.810. The van der Waals surface area contributed by atoms with E-state index in [1.165, 1.54) is 6.26 Å². The Labute approximate surface area is 121 Å². The number of carbonyl (C=O) groups is 1. The molecule has 1 aromatic carbocycles. The number of halogens is 1. The second-order valence-corrected chi connectivity index (χ2v) is 8.62. The molecule has 0 unspecified atom stereocenters. The third-order valence-corrected chi connectivity index (χ3v) is 5.59. The van der Waals surface area contributed by atoms with Gasteiger partial charge in [0.25, 0.3) is 5.91 Å². The van der Waals surface area contributed by atoms with Crippen LogP contribution in [0.15, 0.2) is 24.3 Å². The van der Waals surface area contributed by atoms with Crippen LogP contribution >= 0.6 is 22.6 Å². The minimum atomic E-state index is -3.20. The van der Waals surface area contributed by atoms with E-state index >= 15 is 0 Å². The van der Waals surface area contributed by atoms with Crippen LogP contribution in [0.2, 0.25) is 0 Å². The number of hydrogen-bond acceptors (Lipinski definition) is 3. The van der Waals surface area contributed by atoms with E-state index in [-0.39, 0.29) is 12.5 Å². The Hall–Kier alpha value is -0.630. The van der Waals surface area contributed by atoms with Gasteiger partial charge in [-0.25, -0.2) is 8.42 Å². The van der Waals surface area contributed by atoms with Crippen LogP contribution in [-0.4, -0.2) is 31.9 Å². The summed E-state index contributed by atoms with van der Waals surface area (Å²) in [6, 6.07) is 7.13. The van der Waals surface area contributed by atoms with Crippen molar-refractivity contribution in [2.45, 2.75) is 18.6 Å². The number of nitrogens with one attached hydrogen (secondary N) is 1. The van der Waals surface area contributed by atoms with Crippen LogP contribution in [0.25, 0.3) is 0 Å². The molecule has 0 aliphatic heterocycles. The summed E-state index contributed by atoms with van der Waals surface area (Å²) in [5.41, 5.74) is 0.534. The van der Waals surface area contributed by atoms with E-state index in [0.29, 0.717) is 5.56 Å². The molecule has 1 amide bonds. The molecule has 1 N–H and O–H groups in total. The Kier molecular flexibility index (Phi) is 4.77. The summed E-state index contributed by atoms with van der Waals surface area (Å²) in [5, 5.41) is 2.65. The molecule has 4 nitrogen and oxygen atoms in total. The highest BCUT2D eigenvalue weighted by molar-refractivity contribution is 14.1. The van der Waals surface area contributed by atoms with Crippen LogP contribution in [0.5, 0.6) is 0 Å². The van der Waals surface area contributed by atoms with Gasteiger partial charge in [0.15, 0.2) is 9.84 Å². The molecule has 18 heavy (non-hydrogen) atoms. The van der Waals surface area contributed by atoms with E-state index in [9.17, 15) is 13.2 Å². The summed E-state index contributed by atoms with van der Waals surface area (Å²) in [6.45, 7) is 3.28. The highest BCUT2D eigenvalue weighted by Gasteiger charge is 2.30. The van der Waals surface area contributed by atoms with Crippen LogP contribution in [-0.2, 0) is 9.84 Å². The first kappa shape index (κ1) is 15.4. The minimum absolute atomic E-state index is 0.0934. The van der Waals surface area contributed by atoms with Crippen molar-refractivity contribution < 1.29 is 13.2 Å². The van der Waals surface area contributed by atoms with Gasteiger partial charge in [0, 0.05) is 21.9 Å². The van der Waals surface area contributed by atoms with Crippen molar-refractivity contribution in [1.82, 2.24) is 5.32 Å². The molecule has 0 aliphatic carbocycles. The van der Waals surface area contributed by atoms with Gasteiger partial charge >= 0.3 is 0 Å². The monoisotopic (exact) mass is 381 g/mol. The number of amides is 1. The van der Waals surface area contributed by atoms with Crippen molar-refractivity contribution in [2.75, 3.05) is 12.8 Å². The standard InChI is InChI=1S/C12H16INO3S/c1-12(2,18(3,16)17)8-14-11(15)9-5-4-6-10(13)7-9/h4-7H,8H2,1-3H3,(H,14,15). The third kappa shape index (κ3) is 3.94. The van der Waals surface area contributed by atoms with E-state index in [0.717, 1.165) is 3.57 Å². The first-order chi connectivity index (χ1) is 8.13. The van der Waals surface area contributed by atoms with Crippen molar-refractivity contribution in [1.29, 1.82) is 0 Å². The maximum Gasteiger partial charge on any atom is 0.251 e. The van der Waals surface area contributed by atoms with E-state index < -0.39 is 14.6 Å². The first-order valence-electron chi connectivity index (χ1n) is 5.37. The van der Waals surface area contributed by atoms with Gasteiger partial charge in [-0.1, -0.05) is 6.07 Å². The molecule has 6 heteroatoms. The van der Waals surface area contributed by atoms with E-state index in [4.69, 9.17) is 0 Å². The normalized spacial score (nSPS) is 12.2. The molecule has 0 saturated heterocycles. The predicted octanol–water partition coefficient (Wildman–Crippen LogP) is 1.84. The molecule has 0 atom stereocenters. The van der Waals surface area contributed by atoms with Crippen LogP contribution in [0, 0.1) is 3.57 Å². The molecule has 0 spiro atoms. The van der Waals surface area contributed by atoms with Crippen LogP contribution < -0.4 is 5.32 Å². The van der Waals surface area contributed by atoms with Crippen molar-refractivity contribution >= 4 is 38.3 Å². The van der Waals surface area contributed by atoms with Gasteiger partial charge in [0.05, 0.1) is 4.75 Å². The second kappa shape index (κ2) is 5.56. The fraction of sp³-hybridized carbons (Fsp3) is 0.417. The molecule has 0 aliphatic rings. The molecular formula is C12H16INO3S. The van der Waals surface area contributed by atoms with E-state index in [1.807, 2.05) is 6.07 Å². The van der Waals surface area contributed by atoms with E-state index in [1.54, 1.807) is 32.0 Å². The van der Waals surface area contributed by atoms with Crippen molar-refractivity contribution in [3.63, 3.8) is 0 Å².